The van der Waals surface area contributed by atoms with Crippen LogP contribution in [0.1, 0.15) is 38.2 Å². The maximum absolute atomic E-state index is 10.1. The molecule has 0 heterocycles. The monoisotopic (exact) mass is 238 g/mol. The van der Waals surface area contributed by atoms with Gasteiger partial charge in [0.25, 0.3) is 0 Å². The van der Waals surface area contributed by atoms with Gasteiger partial charge in [0, 0.05) is 5.92 Å². The summed E-state index contributed by atoms with van der Waals surface area (Å²) in [7, 11) is 1.62. The Hall–Kier alpha value is -1.06. The Morgan fingerprint density at radius 1 is 1.18 bits per heavy atom. The number of rotatable bonds is 6. The van der Waals surface area contributed by atoms with Gasteiger partial charge >= 0.3 is 0 Å². The van der Waals surface area contributed by atoms with Gasteiger partial charge in [-0.1, -0.05) is 25.5 Å². The Morgan fingerprint density at radius 3 is 2.18 bits per heavy atom. The molecule has 0 aliphatic rings. The number of ether oxygens (including phenoxy) is 1. The largest absolute Gasteiger partial charge is 0.497 e. The smallest absolute Gasteiger partial charge is 0.118 e. The fourth-order valence-corrected chi connectivity index (χ4v) is 2.12. The van der Waals surface area contributed by atoms with Crippen molar-refractivity contribution in [3.05, 3.63) is 29.8 Å². The van der Waals surface area contributed by atoms with Gasteiger partial charge in [0.15, 0.2) is 0 Å². The second-order valence-electron chi connectivity index (χ2n) is 4.40. The summed E-state index contributed by atoms with van der Waals surface area (Å²) >= 11 is 0. The lowest BCUT2D eigenvalue weighted by Crippen LogP contribution is -2.27. The van der Waals surface area contributed by atoms with E-state index in [1.807, 2.05) is 31.2 Å². The van der Waals surface area contributed by atoms with Crippen LogP contribution in [0.4, 0.5) is 0 Å². The van der Waals surface area contributed by atoms with Crippen molar-refractivity contribution >= 4 is 0 Å². The van der Waals surface area contributed by atoms with Crippen LogP contribution in [-0.4, -0.2) is 29.5 Å². The number of aliphatic hydroxyl groups excluding tert-OH is 2. The lowest BCUT2D eigenvalue weighted by atomic mass is 9.87. The minimum absolute atomic E-state index is 0.235. The molecule has 0 aromatic heterocycles. The third kappa shape index (κ3) is 3.72. The van der Waals surface area contributed by atoms with Crippen LogP contribution in [0.15, 0.2) is 24.3 Å². The number of benzene rings is 1. The molecule has 3 nitrogen and oxygen atoms in total. The average molecular weight is 238 g/mol. The fraction of sp³-hybridized carbons (Fsp3) is 0.571. The van der Waals surface area contributed by atoms with E-state index >= 15 is 0 Å². The van der Waals surface area contributed by atoms with Gasteiger partial charge in [0.2, 0.25) is 0 Å². The third-order valence-corrected chi connectivity index (χ3v) is 3.02. The van der Waals surface area contributed by atoms with E-state index in [9.17, 15) is 10.2 Å². The topological polar surface area (TPSA) is 49.7 Å². The minimum atomic E-state index is -0.565. The molecule has 0 aliphatic heterocycles. The normalized spacial score (nSPS) is 16.3. The predicted octanol–water partition coefficient (Wildman–Crippen LogP) is 2.32. The van der Waals surface area contributed by atoms with E-state index in [4.69, 9.17) is 4.74 Å². The first-order chi connectivity index (χ1) is 8.10. The van der Waals surface area contributed by atoms with Gasteiger partial charge in [0.05, 0.1) is 19.3 Å². The Kier molecular flexibility index (Phi) is 5.45. The zero-order valence-electron chi connectivity index (χ0n) is 10.8. The SMILES string of the molecule is CCCC(O)C(c1ccc(OC)cc1)C(C)O. The Bertz CT molecular complexity index is 319. The molecule has 0 aliphatic carbocycles. The maximum atomic E-state index is 10.1. The fourth-order valence-electron chi connectivity index (χ4n) is 2.12. The highest BCUT2D eigenvalue weighted by molar-refractivity contribution is 5.30. The van der Waals surface area contributed by atoms with E-state index in [-0.39, 0.29) is 5.92 Å². The van der Waals surface area contributed by atoms with Crippen LogP contribution in [0.2, 0.25) is 0 Å². The van der Waals surface area contributed by atoms with Crippen LogP contribution in [0.25, 0.3) is 0 Å². The lowest BCUT2D eigenvalue weighted by Gasteiger charge is -2.25. The number of methoxy groups -OCH3 is 1. The van der Waals surface area contributed by atoms with Crippen LogP contribution in [0.3, 0.4) is 0 Å². The Balaban J connectivity index is 2.89. The van der Waals surface area contributed by atoms with E-state index in [2.05, 4.69) is 0 Å². The molecule has 0 fully saturated rings. The second kappa shape index (κ2) is 6.62. The number of aliphatic hydroxyl groups is 2. The summed E-state index contributed by atoms with van der Waals surface area (Å²) in [5, 5.41) is 19.9. The van der Waals surface area contributed by atoms with Crippen molar-refractivity contribution in [1.29, 1.82) is 0 Å². The minimum Gasteiger partial charge on any atom is -0.497 e. The molecule has 1 aromatic rings. The molecular weight excluding hydrogens is 216 g/mol. The lowest BCUT2D eigenvalue weighted by molar-refractivity contribution is 0.0569. The first kappa shape index (κ1) is 14.0. The summed E-state index contributed by atoms with van der Waals surface area (Å²) in [6.07, 6.45) is 0.528. The highest BCUT2D eigenvalue weighted by Gasteiger charge is 2.25. The zero-order valence-corrected chi connectivity index (χ0v) is 10.8. The molecule has 0 bridgehead atoms. The van der Waals surface area contributed by atoms with Crippen LogP contribution in [-0.2, 0) is 0 Å². The summed E-state index contributed by atoms with van der Waals surface area (Å²) in [5.74, 6) is 0.545. The summed E-state index contributed by atoms with van der Waals surface area (Å²) in [5.41, 5.74) is 0.946. The third-order valence-electron chi connectivity index (χ3n) is 3.02. The highest BCUT2D eigenvalue weighted by atomic mass is 16.5. The molecule has 0 spiro atoms. The summed E-state index contributed by atoms with van der Waals surface area (Å²) in [6, 6.07) is 7.50. The van der Waals surface area contributed by atoms with Crippen molar-refractivity contribution in [1.82, 2.24) is 0 Å². The van der Waals surface area contributed by atoms with Crippen LogP contribution >= 0.6 is 0 Å². The molecule has 3 unspecified atom stereocenters. The van der Waals surface area contributed by atoms with Gasteiger partial charge in [-0.05, 0) is 31.0 Å². The van der Waals surface area contributed by atoms with Gasteiger partial charge in [-0.15, -0.1) is 0 Å². The van der Waals surface area contributed by atoms with Crippen molar-refractivity contribution in [3.8, 4) is 5.75 Å². The van der Waals surface area contributed by atoms with Crippen molar-refractivity contribution in [3.63, 3.8) is 0 Å². The van der Waals surface area contributed by atoms with Crippen molar-refractivity contribution in [2.45, 2.75) is 44.8 Å². The molecule has 1 rings (SSSR count). The average Bonchev–Trinajstić information content (AvgIpc) is 2.30. The van der Waals surface area contributed by atoms with E-state index in [1.54, 1.807) is 14.0 Å². The summed E-state index contributed by atoms with van der Waals surface area (Å²) < 4.78 is 5.09. The van der Waals surface area contributed by atoms with Gasteiger partial charge in [-0.25, -0.2) is 0 Å². The molecule has 3 heteroatoms. The van der Waals surface area contributed by atoms with Crippen LogP contribution < -0.4 is 4.74 Å². The molecule has 3 atom stereocenters. The van der Waals surface area contributed by atoms with Crippen molar-refractivity contribution in [2.75, 3.05) is 7.11 Å². The van der Waals surface area contributed by atoms with Crippen LogP contribution in [0, 0.1) is 0 Å². The maximum Gasteiger partial charge on any atom is 0.118 e. The quantitative estimate of drug-likeness (QED) is 0.799. The Labute approximate surface area is 103 Å². The van der Waals surface area contributed by atoms with Gasteiger partial charge in [0.1, 0.15) is 5.75 Å². The van der Waals surface area contributed by atoms with E-state index in [0.717, 1.165) is 17.7 Å². The molecule has 1 aromatic carbocycles. The van der Waals surface area contributed by atoms with E-state index < -0.39 is 12.2 Å². The summed E-state index contributed by atoms with van der Waals surface area (Å²) in [6.45, 7) is 3.74. The van der Waals surface area contributed by atoms with E-state index in [0.29, 0.717) is 6.42 Å². The van der Waals surface area contributed by atoms with Gasteiger partial charge < -0.3 is 14.9 Å². The van der Waals surface area contributed by atoms with E-state index in [1.165, 1.54) is 0 Å². The van der Waals surface area contributed by atoms with Crippen LogP contribution in [0.5, 0.6) is 5.75 Å². The van der Waals surface area contributed by atoms with Gasteiger partial charge in [-0.2, -0.15) is 0 Å². The molecule has 0 saturated carbocycles. The molecule has 0 amide bonds. The highest BCUT2D eigenvalue weighted by Crippen LogP contribution is 2.27. The van der Waals surface area contributed by atoms with Gasteiger partial charge in [-0.3, -0.25) is 0 Å². The molecular formula is C14H22O3. The first-order valence-electron chi connectivity index (χ1n) is 6.10. The standard InChI is InChI=1S/C14H22O3/c1-4-5-13(16)14(10(2)15)11-6-8-12(17-3)9-7-11/h6-10,13-16H,4-5H2,1-3H3. The zero-order chi connectivity index (χ0) is 12.8. The number of hydrogen-bond donors (Lipinski definition) is 2. The molecule has 96 valence electrons. The molecule has 17 heavy (non-hydrogen) atoms. The second-order valence-corrected chi connectivity index (χ2v) is 4.40. The first-order valence-corrected chi connectivity index (χ1v) is 6.10. The molecule has 0 radical (unpaired) electrons. The predicted molar refractivity (Wildman–Crippen MR) is 68.3 cm³/mol. The van der Waals surface area contributed by atoms with Crippen molar-refractivity contribution in [2.24, 2.45) is 0 Å². The summed E-state index contributed by atoms with van der Waals surface area (Å²) in [4.78, 5) is 0. The number of hydrogen-bond acceptors (Lipinski definition) is 3. The molecule has 2 N–H and O–H groups in total. The molecule has 0 saturated heterocycles. The van der Waals surface area contributed by atoms with Crippen molar-refractivity contribution < 1.29 is 14.9 Å². The Morgan fingerprint density at radius 2 is 1.76 bits per heavy atom.